The Morgan fingerprint density at radius 3 is 2.38 bits per heavy atom. The summed E-state index contributed by atoms with van der Waals surface area (Å²) in [5, 5.41) is 0. The highest BCUT2D eigenvalue weighted by atomic mass is 32.2. The van der Waals surface area contributed by atoms with Crippen LogP contribution in [0.4, 0.5) is 0 Å². The summed E-state index contributed by atoms with van der Waals surface area (Å²) in [5.74, 6) is 1.19. The average Bonchev–Trinajstić information content (AvgIpc) is 1.68. The molecule has 1 nitrogen and oxygen atoms in total. The van der Waals surface area contributed by atoms with E-state index in [-0.39, 0.29) is 0 Å². The third kappa shape index (κ3) is 4.47. The van der Waals surface area contributed by atoms with Crippen LogP contribution in [0.25, 0.3) is 0 Å². The summed E-state index contributed by atoms with van der Waals surface area (Å²) in [6.07, 6.45) is 1.25. The van der Waals surface area contributed by atoms with Crippen molar-refractivity contribution in [1.82, 2.24) is 4.31 Å². The summed E-state index contributed by atoms with van der Waals surface area (Å²) in [4.78, 5) is 0. The van der Waals surface area contributed by atoms with Crippen LogP contribution in [0, 0.1) is 0 Å². The molecule has 0 aromatic rings. The standard InChI is InChI=1S/C6H15NS/c1-4-6-7(3)8-5-2/h4-6H2,1-3H3. The van der Waals surface area contributed by atoms with Gasteiger partial charge in [-0.3, -0.25) is 4.31 Å². The lowest BCUT2D eigenvalue weighted by Crippen LogP contribution is -2.09. The van der Waals surface area contributed by atoms with Crippen molar-refractivity contribution in [2.45, 2.75) is 20.3 Å². The Morgan fingerprint density at radius 1 is 1.38 bits per heavy atom. The first-order valence-corrected chi connectivity index (χ1v) is 4.09. The van der Waals surface area contributed by atoms with Gasteiger partial charge in [0.05, 0.1) is 0 Å². The van der Waals surface area contributed by atoms with Gasteiger partial charge in [0.1, 0.15) is 0 Å². The van der Waals surface area contributed by atoms with Crippen molar-refractivity contribution >= 4 is 11.9 Å². The summed E-state index contributed by atoms with van der Waals surface area (Å²) in [5.41, 5.74) is 0. The molecule has 0 bridgehead atoms. The summed E-state index contributed by atoms with van der Waals surface area (Å²) < 4.78 is 2.28. The van der Waals surface area contributed by atoms with Crippen molar-refractivity contribution in [1.29, 1.82) is 0 Å². The quantitative estimate of drug-likeness (QED) is 0.540. The molecule has 0 unspecified atom stereocenters. The van der Waals surface area contributed by atoms with Gasteiger partial charge in [-0.15, -0.1) is 0 Å². The third-order valence-corrected chi connectivity index (χ3v) is 1.77. The predicted molar refractivity (Wildman–Crippen MR) is 41.1 cm³/mol. The molecule has 0 aliphatic carbocycles. The fourth-order valence-corrected chi connectivity index (χ4v) is 1.35. The molecule has 0 N–H and O–H groups in total. The van der Waals surface area contributed by atoms with Crippen LogP contribution in [0.2, 0.25) is 0 Å². The summed E-state index contributed by atoms with van der Waals surface area (Å²) in [7, 11) is 2.14. The monoisotopic (exact) mass is 133 g/mol. The molecule has 0 amide bonds. The molecule has 0 aliphatic rings. The van der Waals surface area contributed by atoms with Crippen LogP contribution in [0.5, 0.6) is 0 Å². The second kappa shape index (κ2) is 5.45. The van der Waals surface area contributed by atoms with Crippen LogP contribution in [0.15, 0.2) is 0 Å². The summed E-state index contributed by atoms with van der Waals surface area (Å²) >= 11 is 1.89. The van der Waals surface area contributed by atoms with Gasteiger partial charge in [0.25, 0.3) is 0 Å². The molecule has 0 rings (SSSR count). The first-order chi connectivity index (χ1) is 3.81. The summed E-state index contributed by atoms with van der Waals surface area (Å²) in [6, 6.07) is 0. The molecule has 0 saturated carbocycles. The highest BCUT2D eigenvalue weighted by molar-refractivity contribution is 7.96. The van der Waals surface area contributed by atoms with Gasteiger partial charge in [-0.05, 0) is 13.5 Å². The Kier molecular flexibility index (Phi) is 5.66. The normalized spacial score (nSPS) is 10.5. The molecule has 0 spiro atoms. The first kappa shape index (κ1) is 8.31. The van der Waals surface area contributed by atoms with Crippen LogP contribution in [-0.2, 0) is 0 Å². The minimum Gasteiger partial charge on any atom is -0.254 e. The third-order valence-electron chi connectivity index (χ3n) is 0.888. The van der Waals surface area contributed by atoms with E-state index in [9.17, 15) is 0 Å². The molecule has 0 aliphatic heterocycles. The molecule has 0 heterocycles. The fraction of sp³-hybridized carbons (Fsp3) is 1.00. The predicted octanol–water partition coefficient (Wildman–Crippen LogP) is 2.00. The molecular formula is C6H15NS. The lowest BCUT2D eigenvalue weighted by molar-refractivity contribution is 0.560. The second-order valence-corrected chi connectivity index (χ2v) is 3.23. The minimum atomic E-state index is 1.19. The Hall–Kier alpha value is 0.310. The highest BCUT2D eigenvalue weighted by Gasteiger charge is 1.91. The second-order valence-electron chi connectivity index (χ2n) is 1.77. The maximum Gasteiger partial charge on any atom is 0.00835 e. The van der Waals surface area contributed by atoms with Crippen molar-refractivity contribution in [2.24, 2.45) is 0 Å². The number of nitrogens with zero attached hydrogens (tertiary/aromatic N) is 1. The molecule has 0 radical (unpaired) electrons. The van der Waals surface area contributed by atoms with Gasteiger partial charge in [-0.1, -0.05) is 25.8 Å². The Morgan fingerprint density at radius 2 is 2.00 bits per heavy atom. The molecule has 50 valence electrons. The highest BCUT2D eigenvalue weighted by Crippen LogP contribution is 2.04. The van der Waals surface area contributed by atoms with E-state index in [1.54, 1.807) is 0 Å². The molecule has 0 aromatic carbocycles. The van der Waals surface area contributed by atoms with Crippen LogP contribution in [0.1, 0.15) is 20.3 Å². The lowest BCUT2D eigenvalue weighted by Gasteiger charge is -2.11. The van der Waals surface area contributed by atoms with E-state index in [2.05, 4.69) is 25.2 Å². The van der Waals surface area contributed by atoms with Gasteiger partial charge in [0, 0.05) is 12.3 Å². The van der Waals surface area contributed by atoms with Crippen LogP contribution in [0.3, 0.4) is 0 Å². The van der Waals surface area contributed by atoms with E-state index >= 15 is 0 Å². The number of rotatable bonds is 4. The molecule has 0 aromatic heterocycles. The SMILES string of the molecule is CCCN(C)SCC. The number of hydrogen-bond acceptors (Lipinski definition) is 2. The lowest BCUT2D eigenvalue weighted by atomic mass is 10.5. The topological polar surface area (TPSA) is 3.24 Å². The first-order valence-electron chi connectivity index (χ1n) is 3.15. The number of hydrogen-bond donors (Lipinski definition) is 0. The zero-order valence-electron chi connectivity index (χ0n) is 5.98. The van der Waals surface area contributed by atoms with Crippen LogP contribution >= 0.6 is 11.9 Å². The van der Waals surface area contributed by atoms with E-state index in [0.29, 0.717) is 0 Å². The van der Waals surface area contributed by atoms with Gasteiger partial charge >= 0.3 is 0 Å². The minimum absolute atomic E-state index is 1.19. The van der Waals surface area contributed by atoms with Crippen LogP contribution < -0.4 is 0 Å². The summed E-state index contributed by atoms with van der Waals surface area (Å²) in [6.45, 7) is 5.59. The Bertz CT molecular complexity index is 41.8. The van der Waals surface area contributed by atoms with E-state index in [0.717, 1.165) is 0 Å². The maximum absolute atomic E-state index is 2.28. The van der Waals surface area contributed by atoms with Crippen molar-refractivity contribution in [2.75, 3.05) is 19.3 Å². The van der Waals surface area contributed by atoms with Crippen molar-refractivity contribution in [3.05, 3.63) is 0 Å². The molecule has 2 heteroatoms. The van der Waals surface area contributed by atoms with Crippen molar-refractivity contribution in [3.63, 3.8) is 0 Å². The van der Waals surface area contributed by atoms with Crippen molar-refractivity contribution in [3.8, 4) is 0 Å². The molecule has 0 fully saturated rings. The molecule has 8 heavy (non-hydrogen) atoms. The van der Waals surface area contributed by atoms with Gasteiger partial charge < -0.3 is 0 Å². The van der Waals surface area contributed by atoms with Gasteiger partial charge in [0.15, 0.2) is 0 Å². The van der Waals surface area contributed by atoms with E-state index < -0.39 is 0 Å². The van der Waals surface area contributed by atoms with Gasteiger partial charge in [-0.2, -0.15) is 0 Å². The van der Waals surface area contributed by atoms with E-state index in [1.807, 2.05) is 11.9 Å². The zero-order valence-corrected chi connectivity index (χ0v) is 6.79. The molecule has 0 atom stereocenters. The zero-order chi connectivity index (χ0) is 6.41. The van der Waals surface area contributed by atoms with Crippen molar-refractivity contribution < 1.29 is 0 Å². The fourth-order valence-electron chi connectivity index (χ4n) is 0.600. The van der Waals surface area contributed by atoms with E-state index in [1.165, 1.54) is 18.7 Å². The largest absolute Gasteiger partial charge is 0.254 e. The molecular weight excluding hydrogens is 118 g/mol. The van der Waals surface area contributed by atoms with Gasteiger partial charge in [0.2, 0.25) is 0 Å². The smallest absolute Gasteiger partial charge is 0.00835 e. The maximum atomic E-state index is 2.28. The van der Waals surface area contributed by atoms with E-state index in [4.69, 9.17) is 0 Å². The van der Waals surface area contributed by atoms with Gasteiger partial charge in [-0.25, -0.2) is 0 Å². The van der Waals surface area contributed by atoms with Crippen LogP contribution in [-0.4, -0.2) is 23.7 Å². The molecule has 0 saturated heterocycles. The Labute approximate surface area is 56.6 Å². The Balaban J connectivity index is 2.92. The average molecular weight is 133 g/mol.